The molecule has 116 valence electrons. The van der Waals surface area contributed by atoms with E-state index in [0.29, 0.717) is 12.0 Å². The van der Waals surface area contributed by atoms with Gasteiger partial charge in [0.25, 0.3) is 0 Å². The van der Waals surface area contributed by atoms with Crippen LogP contribution in [0.3, 0.4) is 0 Å². The number of nitrogens with zero attached hydrogens (tertiary/aromatic N) is 1. The van der Waals surface area contributed by atoms with Crippen LogP contribution in [0.25, 0.3) is 0 Å². The van der Waals surface area contributed by atoms with E-state index >= 15 is 0 Å². The summed E-state index contributed by atoms with van der Waals surface area (Å²) in [5, 5.41) is 0. The average molecular weight is 296 g/mol. The van der Waals surface area contributed by atoms with Crippen molar-refractivity contribution in [3.8, 4) is 0 Å². The zero-order chi connectivity index (χ0) is 15.6. The van der Waals surface area contributed by atoms with Crippen molar-refractivity contribution in [2.24, 2.45) is 11.7 Å². The van der Waals surface area contributed by atoms with Crippen molar-refractivity contribution in [1.29, 1.82) is 0 Å². The van der Waals surface area contributed by atoms with E-state index in [-0.39, 0.29) is 23.9 Å². The minimum Gasteiger partial charge on any atom is -0.339 e. The van der Waals surface area contributed by atoms with Crippen LogP contribution in [0, 0.1) is 17.6 Å². The van der Waals surface area contributed by atoms with Crippen LogP contribution in [-0.4, -0.2) is 23.9 Å². The number of carbonyl (C=O) groups is 1. The minimum atomic E-state index is -0.891. The van der Waals surface area contributed by atoms with Crippen LogP contribution in [-0.2, 0) is 4.79 Å². The minimum absolute atomic E-state index is 0.00502. The second kappa shape index (κ2) is 6.52. The summed E-state index contributed by atoms with van der Waals surface area (Å²) in [7, 11) is 1.69. The molecule has 0 spiro atoms. The van der Waals surface area contributed by atoms with E-state index in [0.717, 1.165) is 31.4 Å². The summed E-state index contributed by atoms with van der Waals surface area (Å²) in [6, 6.07) is 3.54. The molecule has 1 aromatic rings. The molecule has 3 atom stereocenters. The van der Waals surface area contributed by atoms with Crippen LogP contribution < -0.4 is 5.73 Å². The SMILES string of the molecule is CC(c1ccc(F)c(F)c1)N(C)C(=O)C[C@@H]1CCC[C@H]1N. The Bertz CT molecular complexity index is 521. The zero-order valence-corrected chi connectivity index (χ0v) is 12.5. The maximum atomic E-state index is 13.3. The van der Waals surface area contributed by atoms with Crippen molar-refractivity contribution in [3.05, 3.63) is 35.4 Å². The number of amides is 1. The summed E-state index contributed by atoms with van der Waals surface area (Å²) in [5.74, 6) is -1.54. The maximum Gasteiger partial charge on any atom is 0.223 e. The Kier molecular flexibility index (Phi) is 4.93. The smallest absolute Gasteiger partial charge is 0.223 e. The fourth-order valence-electron chi connectivity index (χ4n) is 2.90. The number of benzene rings is 1. The fraction of sp³-hybridized carbons (Fsp3) is 0.562. The first-order valence-electron chi connectivity index (χ1n) is 7.36. The third-order valence-corrected chi connectivity index (χ3v) is 4.56. The first-order chi connectivity index (χ1) is 9.90. The van der Waals surface area contributed by atoms with Gasteiger partial charge in [0.2, 0.25) is 5.91 Å². The van der Waals surface area contributed by atoms with E-state index in [1.165, 1.54) is 6.07 Å². The molecular formula is C16H22F2N2O. The molecule has 1 aliphatic carbocycles. The standard InChI is InChI=1S/C16H22F2N2O/c1-10(11-6-7-13(17)14(18)8-11)20(2)16(21)9-12-4-3-5-15(12)19/h6-8,10,12,15H,3-5,9,19H2,1-2H3/t10?,12-,15+/m0/s1. The van der Waals surface area contributed by atoms with Crippen LogP contribution in [0.15, 0.2) is 18.2 Å². The Balaban J connectivity index is 2.02. The Morgan fingerprint density at radius 1 is 1.38 bits per heavy atom. The Labute approximate surface area is 124 Å². The molecule has 1 aliphatic rings. The highest BCUT2D eigenvalue weighted by Gasteiger charge is 2.28. The largest absolute Gasteiger partial charge is 0.339 e. The van der Waals surface area contributed by atoms with E-state index in [1.54, 1.807) is 18.9 Å². The van der Waals surface area contributed by atoms with E-state index in [2.05, 4.69) is 0 Å². The van der Waals surface area contributed by atoms with Gasteiger partial charge in [-0.1, -0.05) is 12.5 Å². The molecule has 0 aliphatic heterocycles. The summed E-state index contributed by atoms with van der Waals surface area (Å²) < 4.78 is 26.3. The number of rotatable bonds is 4. The maximum absolute atomic E-state index is 13.3. The molecule has 0 saturated heterocycles. The van der Waals surface area contributed by atoms with Crippen molar-refractivity contribution >= 4 is 5.91 Å². The number of nitrogens with two attached hydrogens (primary N) is 1. The monoisotopic (exact) mass is 296 g/mol. The summed E-state index contributed by atoms with van der Waals surface area (Å²) >= 11 is 0. The molecule has 1 saturated carbocycles. The predicted octanol–water partition coefficient (Wildman–Crippen LogP) is 3.00. The van der Waals surface area contributed by atoms with Gasteiger partial charge in [-0.05, 0) is 43.4 Å². The Hall–Kier alpha value is -1.49. The Morgan fingerprint density at radius 3 is 2.67 bits per heavy atom. The fourth-order valence-corrected chi connectivity index (χ4v) is 2.90. The summed E-state index contributed by atoms with van der Waals surface area (Å²) in [5.41, 5.74) is 6.57. The summed E-state index contributed by atoms with van der Waals surface area (Å²) in [6.45, 7) is 1.80. The third-order valence-electron chi connectivity index (χ3n) is 4.56. The van der Waals surface area contributed by atoms with Gasteiger partial charge in [0, 0.05) is 19.5 Å². The second-order valence-corrected chi connectivity index (χ2v) is 5.91. The van der Waals surface area contributed by atoms with E-state index < -0.39 is 11.6 Å². The first kappa shape index (κ1) is 15.9. The van der Waals surface area contributed by atoms with Crippen LogP contribution in [0.2, 0.25) is 0 Å². The lowest BCUT2D eigenvalue weighted by Crippen LogP contribution is -2.34. The van der Waals surface area contributed by atoms with E-state index in [9.17, 15) is 13.6 Å². The van der Waals surface area contributed by atoms with Gasteiger partial charge in [0.1, 0.15) is 0 Å². The van der Waals surface area contributed by atoms with Crippen molar-refractivity contribution in [1.82, 2.24) is 4.90 Å². The quantitative estimate of drug-likeness (QED) is 0.928. The van der Waals surface area contributed by atoms with E-state index in [1.807, 2.05) is 0 Å². The van der Waals surface area contributed by atoms with Crippen LogP contribution in [0.4, 0.5) is 8.78 Å². The molecular weight excluding hydrogens is 274 g/mol. The molecule has 2 rings (SSSR count). The van der Waals surface area contributed by atoms with Gasteiger partial charge in [-0.3, -0.25) is 4.79 Å². The van der Waals surface area contributed by atoms with E-state index in [4.69, 9.17) is 5.73 Å². The van der Waals surface area contributed by atoms with Gasteiger partial charge in [-0.25, -0.2) is 8.78 Å². The number of hydrogen-bond acceptors (Lipinski definition) is 2. The van der Waals surface area contributed by atoms with Gasteiger partial charge in [-0.2, -0.15) is 0 Å². The molecule has 1 unspecified atom stereocenters. The molecule has 0 heterocycles. The van der Waals surface area contributed by atoms with Gasteiger partial charge >= 0.3 is 0 Å². The molecule has 0 bridgehead atoms. The molecule has 21 heavy (non-hydrogen) atoms. The first-order valence-corrected chi connectivity index (χ1v) is 7.36. The molecule has 5 heteroatoms. The zero-order valence-electron chi connectivity index (χ0n) is 12.5. The van der Waals surface area contributed by atoms with Crippen molar-refractivity contribution in [3.63, 3.8) is 0 Å². The molecule has 0 aromatic heterocycles. The van der Waals surface area contributed by atoms with Crippen molar-refractivity contribution in [2.45, 2.75) is 44.7 Å². The summed E-state index contributed by atoms with van der Waals surface area (Å²) in [4.78, 5) is 13.9. The lowest BCUT2D eigenvalue weighted by Gasteiger charge is -2.27. The molecule has 0 radical (unpaired) electrons. The molecule has 1 aromatic carbocycles. The van der Waals surface area contributed by atoms with Gasteiger partial charge in [0.15, 0.2) is 11.6 Å². The van der Waals surface area contributed by atoms with Crippen LogP contribution >= 0.6 is 0 Å². The highest BCUT2D eigenvalue weighted by molar-refractivity contribution is 5.76. The molecule has 1 amide bonds. The number of hydrogen-bond donors (Lipinski definition) is 1. The Morgan fingerprint density at radius 2 is 2.10 bits per heavy atom. The topological polar surface area (TPSA) is 46.3 Å². The van der Waals surface area contributed by atoms with Crippen molar-refractivity contribution in [2.75, 3.05) is 7.05 Å². The lowest BCUT2D eigenvalue weighted by molar-refractivity contribution is -0.132. The predicted molar refractivity (Wildman–Crippen MR) is 77.5 cm³/mol. The number of halogens is 2. The molecule has 1 fully saturated rings. The molecule has 3 nitrogen and oxygen atoms in total. The number of carbonyl (C=O) groups excluding carboxylic acids is 1. The van der Waals surface area contributed by atoms with Crippen molar-refractivity contribution < 1.29 is 13.6 Å². The van der Waals surface area contributed by atoms with Crippen LogP contribution in [0.5, 0.6) is 0 Å². The summed E-state index contributed by atoms with van der Waals surface area (Å²) in [6.07, 6.45) is 3.45. The van der Waals surface area contributed by atoms with Gasteiger partial charge in [0.05, 0.1) is 6.04 Å². The van der Waals surface area contributed by atoms with Gasteiger partial charge in [-0.15, -0.1) is 0 Å². The highest BCUT2D eigenvalue weighted by atomic mass is 19.2. The third kappa shape index (κ3) is 3.59. The normalized spacial score (nSPS) is 23.1. The van der Waals surface area contributed by atoms with Gasteiger partial charge < -0.3 is 10.6 Å². The highest BCUT2D eigenvalue weighted by Crippen LogP contribution is 2.29. The van der Waals surface area contributed by atoms with Crippen LogP contribution in [0.1, 0.15) is 44.2 Å². The molecule has 2 N–H and O–H groups in total. The second-order valence-electron chi connectivity index (χ2n) is 5.91. The average Bonchev–Trinajstić information content (AvgIpc) is 2.85. The lowest BCUT2D eigenvalue weighted by atomic mass is 9.98.